The Balaban J connectivity index is 1.70. The van der Waals surface area contributed by atoms with Crippen LogP contribution in [0.5, 0.6) is 0 Å². The minimum atomic E-state index is -0.117. The van der Waals surface area contributed by atoms with Gasteiger partial charge in [0.1, 0.15) is 0 Å². The summed E-state index contributed by atoms with van der Waals surface area (Å²) in [5.74, 6) is 0.716. The number of amides is 1. The molecule has 0 aliphatic rings. The van der Waals surface area contributed by atoms with Gasteiger partial charge in [-0.2, -0.15) is 4.98 Å². The van der Waals surface area contributed by atoms with E-state index in [0.29, 0.717) is 22.3 Å². The zero-order valence-corrected chi connectivity index (χ0v) is 15.1. The quantitative estimate of drug-likeness (QED) is 0.643. The molecule has 0 radical (unpaired) electrons. The van der Waals surface area contributed by atoms with Gasteiger partial charge in [-0.05, 0) is 48.5 Å². The summed E-state index contributed by atoms with van der Waals surface area (Å²) < 4.78 is 6.15. The molecular formula is C17H13BrClN3O2. The van der Waals surface area contributed by atoms with Crippen molar-refractivity contribution in [1.29, 1.82) is 0 Å². The van der Waals surface area contributed by atoms with Crippen molar-refractivity contribution in [3.63, 3.8) is 0 Å². The first-order valence-electron chi connectivity index (χ1n) is 7.12. The van der Waals surface area contributed by atoms with Crippen molar-refractivity contribution in [3.05, 3.63) is 69.5 Å². The van der Waals surface area contributed by atoms with E-state index >= 15 is 0 Å². The summed E-state index contributed by atoms with van der Waals surface area (Å²) in [6, 6.07) is 14.3. The number of hydrogen-bond acceptors (Lipinski definition) is 4. The normalized spacial score (nSPS) is 10.6. The molecule has 1 aromatic heterocycles. The number of halogens is 2. The molecule has 1 amide bonds. The SMILES string of the molecule is CN(Cc1nc(-c2ccc(Cl)cc2)no1)C(=O)c1ccc(Br)cc1. The Kier molecular flexibility index (Phi) is 4.97. The number of carbonyl (C=O) groups is 1. The second-order valence-corrected chi connectivity index (χ2v) is 6.54. The van der Waals surface area contributed by atoms with Gasteiger partial charge >= 0.3 is 0 Å². The predicted molar refractivity (Wildman–Crippen MR) is 94.7 cm³/mol. The third kappa shape index (κ3) is 3.83. The van der Waals surface area contributed by atoms with Crippen molar-refractivity contribution in [2.75, 3.05) is 7.05 Å². The highest BCUT2D eigenvalue weighted by Gasteiger charge is 2.16. The van der Waals surface area contributed by atoms with E-state index in [1.54, 1.807) is 31.3 Å². The maximum Gasteiger partial charge on any atom is 0.254 e. The average Bonchev–Trinajstić information content (AvgIpc) is 3.04. The van der Waals surface area contributed by atoms with Gasteiger partial charge in [0, 0.05) is 27.7 Å². The molecule has 0 aliphatic heterocycles. The number of nitrogens with zero attached hydrogens (tertiary/aromatic N) is 3. The zero-order chi connectivity index (χ0) is 17.1. The first-order chi connectivity index (χ1) is 11.5. The second kappa shape index (κ2) is 7.15. The smallest absolute Gasteiger partial charge is 0.254 e. The zero-order valence-electron chi connectivity index (χ0n) is 12.7. The second-order valence-electron chi connectivity index (χ2n) is 5.19. The number of carbonyl (C=O) groups excluding carboxylic acids is 1. The van der Waals surface area contributed by atoms with Crippen molar-refractivity contribution in [3.8, 4) is 11.4 Å². The molecule has 122 valence electrons. The Morgan fingerprint density at radius 2 is 1.83 bits per heavy atom. The van der Waals surface area contributed by atoms with Crippen molar-refractivity contribution in [1.82, 2.24) is 15.0 Å². The van der Waals surface area contributed by atoms with Gasteiger partial charge in [-0.15, -0.1) is 0 Å². The number of benzene rings is 2. The molecule has 24 heavy (non-hydrogen) atoms. The Morgan fingerprint density at radius 3 is 2.50 bits per heavy atom. The van der Waals surface area contributed by atoms with Crippen molar-refractivity contribution in [2.24, 2.45) is 0 Å². The maximum atomic E-state index is 12.4. The van der Waals surface area contributed by atoms with Gasteiger partial charge in [0.05, 0.1) is 6.54 Å². The summed E-state index contributed by atoms with van der Waals surface area (Å²) in [6.45, 7) is 0.232. The van der Waals surface area contributed by atoms with Gasteiger partial charge < -0.3 is 9.42 Å². The summed E-state index contributed by atoms with van der Waals surface area (Å²) in [6.07, 6.45) is 0. The fourth-order valence-corrected chi connectivity index (χ4v) is 2.51. The van der Waals surface area contributed by atoms with E-state index in [4.69, 9.17) is 16.1 Å². The summed E-state index contributed by atoms with van der Waals surface area (Å²) in [7, 11) is 1.69. The minimum Gasteiger partial charge on any atom is -0.337 e. The lowest BCUT2D eigenvalue weighted by Gasteiger charge is -2.14. The standard InChI is InChI=1S/C17H13BrClN3O2/c1-22(17(23)12-2-6-13(18)7-3-12)10-15-20-16(21-24-15)11-4-8-14(19)9-5-11/h2-9H,10H2,1H3. The summed E-state index contributed by atoms with van der Waals surface area (Å²) in [4.78, 5) is 18.2. The van der Waals surface area contributed by atoms with Gasteiger partial charge in [0.2, 0.25) is 11.7 Å². The Labute approximate surface area is 152 Å². The highest BCUT2D eigenvalue weighted by molar-refractivity contribution is 9.10. The van der Waals surface area contributed by atoms with E-state index in [9.17, 15) is 4.79 Å². The highest BCUT2D eigenvalue weighted by Crippen LogP contribution is 2.19. The van der Waals surface area contributed by atoms with Crippen LogP contribution in [-0.4, -0.2) is 28.0 Å². The highest BCUT2D eigenvalue weighted by atomic mass is 79.9. The molecule has 0 aliphatic carbocycles. The lowest BCUT2D eigenvalue weighted by atomic mass is 10.2. The van der Waals surface area contributed by atoms with Crippen LogP contribution in [0, 0.1) is 0 Å². The van der Waals surface area contributed by atoms with Crippen LogP contribution in [0.1, 0.15) is 16.2 Å². The molecule has 0 saturated carbocycles. The molecule has 7 heteroatoms. The van der Waals surface area contributed by atoms with E-state index in [2.05, 4.69) is 26.1 Å². The van der Waals surface area contributed by atoms with Crippen LogP contribution in [0.3, 0.4) is 0 Å². The molecule has 0 spiro atoms. The third-order valence-electron chi connectivity index (χ3n) is 3.38. The van der Waals surface area contributed by atoms with Crippen LogP contribution in [0.4, 0.5) is 0 Å². The van der Waals surface area contributed by atoms with Crippen LogP contribution in [0.25, 0.3) is 11.4 Å². The lowest BCUT2D eigenvalue weighted by molar-refractivity contribution is 0.0769. The van der Waals surface area contributed by atoms with E-state index in [1.165, 1.54) is 4.90 Å². The van der Waals surface area contributed by atoms with Crippen molar-refractivity contribution >= 4 is 33.4 Å². The summed E-state index contributed by atoms with van der Waals surface area (Å²) in [5.41, 5.74) is 1.40. The van der Waals surface area contributed by atoms with Crippen LogP contribution in [0.2, 0.25) is 5.02 Å². The van der Waals surface area contributed by atoms with Crippen LogP contribution < -0.4 is 0 Å². The fourth-order valence-electron chi connectivity index (χ4n) is 2.12. The van der Waals surface area contributed by atoms with E-state index in [1.807, 2.05) is 24.3 Å². The largest absolute Gasteiger partial charge is 0.337 e. The van der Waals surface area contributed by atoms with Crippen molar-refractivity contribution in [2.45, 2.75) is 6.54 Å². The Hall–Kier alpha value is -2.18. The minimum absolute atomic E-state index is 0.117. The Bertz CT molecular complexity index is 847. The van der Waals surface area contributed by atoms with Gasteiger partial charge in [-0.25, -0.2) is 0 Å². The summed E-state index contributed by atoms with van der Waals surface area (Å²) >= 11 is 9.21. The number of hydrogen-bond donors (Lipinski definition) is 0. The molecule has 3 aromatic rings. The monoisotopic (exact) mass is 405 g/mol. The molecule has 0 saturated heterocycles. The molecule has 3 rings (SSSR count). The van der Waals surface area contributed by atoms with Crippen LogP contribution in [0.15, 0.2) is 57.5 Å². The predicted octanol–water partition coefficient (Wildman–Crippen LogP) is 4.42. The molecular weight excluding hydrogens is 394 g/mol. The van der Waals surface area contributed by atoms with E-state index in [-0.39, 0.29) is 12.5 Å². The van der Waals surface area contributed by atoms with Gasteiger partial charge in [-0.1, -0.05) is 32.7 Å². The molecule has 0 fully saturated rings. The van der Waals surface area contributed by atoms with Gasteiger partial charge in [0.25, 0.3) is 5.91 Å². The van der Waals surface area contributed by atoms with Crippen molar-refractivity contribution < 1.29 is 9.32 Å². The third-order valence-corrected chi connectivity index (χ3v) is 4.16. The molecule has 1 heterocycles. The van der Waals surface area contributed by atoms with Gasteiger partial charge in [0.15, 0.2) is 0 Å². The molecule has 0 bridgehead atoms. The molecule has 0 atom stereocenters. The molecule has 5 nitrogen and oxygen atoms in total. The topological polar surface area (TPSA) is 59.2 Å². The Morgan fingerprint density at radius 1 is 1.17 bits per heavy atom. The van der Waals surface area contributed by atoms with E-state index in [0.717, 1.165) is 10.0 Å². The number of rotatable bonds is 4. The van der Waals surface area contributed by atoms with Gasteiger partial charge in [-0.3, -0.25) is 4.79 Å². The number of aromatic nitrogens is 2. The van der Waals surface area contributed by atoms with E-state index < -0.39 is 0 Å². The molecule has 0 N–H and O–H groups in total. The maximum absolute atomic E-state index is 12.4. The van der Waals surface area contributed by atoms with Crippen LogP contribution >= 0.6 is 27.5 Å². The fraction of sp³-hybridized carbons (Fsp3) is 0.118. The first kappa shape index (κ1) is 16.7. The summed E-state index contributed by atoms with van der Waals surface area (Å²) in [5, 5.41) is 4.58. The van der Waals surface area contributed by atoms with Crippen LogP contribution in [-0.2, 0) is 6.54 Å². The lowest BCUT2D eigenvalue weighted by Crippen LogP contribution is -2.26. The molecule has 0 unspecified atom stereocenters. The average molecular weight is 407 g/mol. The molecule has 2 aromatic carbocycles. The first-order valence-corrected chi connectivity index (χ1v) is 8.29.